The van der Waals surface area contributed by atoms with Gasteiger partial charge < -0.3 is 0 Å². The lowest BCUT2D eigenvalue weighted by Crippen LogP contribution is -1.97. The molecule has 0 spiro atoms. The van der Waals surface area contributed by atoms with E-state index in [2.05, 4.69) is 25.6 Å². The number of aliphatic imine (C=N–C) groups is 1. The van der Waals surface area contributed by atoms with Gasteiger partial charge in [-0.2, -0.15) is 4.39 Å². The largest absolute Gasteiger partial charge is 0.236 e. The average molecular weight is 197 g/mol. The number of nitrogens with zero attached hydrogens (tertiary/aromatic N) is 1. The molecule has 0 aromatic heterocycles. The highest BCUT2D eigenvalue weighted by Crippen LogP contribution is 2.22. The Morgan fingerprint density at radius 2 is 1.71 bits per heavy atom. The van der Waals surface area contributed by atoms with Gasteiger partial charge in [-0.25, -0.2) is 4.99 Å². The van der Waals surface area contributed by atoms with Crippen LogP contribution in [0.15, 0.2) is 28.2 Å². The van der Waals surface area contributed by atoms with E-state index in [4.69, 9.17) is 0 Å². The summed E-state index contributed by atoms with van der Waals surface area (Å²) < 4.78 is 13.3. The minimum atomic E-state index is -0.458. The van der Waals surface area contributed by atoms with Crippen LogP contribution < -0.4 is 0 Å². The summed E-state index contributed by atoms with van der Waals surface area (Å²) in [6.07, 6.45) is 1.87. The normalized spacial score (nSPS) is 14.7. The maximum Gasteiger partial charge on any atom is 0.215 e. The van der Waals surface area contributed by atoms with Gasteiger partial charge in [0.1, 0.15) is 0 Å². The van der Waals surface area contributed by atoms with E-state index in [0.29, 0.717) is 11.5 Å². The molecule has 0 N–H and O–H groups in total. The second-order valence-electron chi connectivity index (χ2n) is 4.10. The Balaban J connectivity index is 5.07. The molecule has 0 aliphatic rings. The fraction of sp³-hybridized carbons (Fsp3) is 0.583. The monoisotopic (exact) mass is 197 g/mol. The fourth-order valence-electron chi connectivity index (χ4n) is 0.968. The molecule has 80 valence electrons. The summed E-state index contributed by atoms with van der Waals surface area (Å²) in [4.78, 5) is 3.34. The summed E-state index contributed by atoms with van der Waals surface area (Å²) in [6.45, 7) is 13.3. The molecule has 0 saturated heterocycles. The number of halogens is 1. The standard InChI is InChI=1S/C12H20FN/c1-8(2)10(5)7-11(9(3)4)12(13)14-6/h7-9H,6H2,1-5H3/b10-7+,12-11+. The van der Waals surface area contributed by atoms with Gasteiger partial charge >= 0.3 is 0 Å². The molecule has 0 aromatic rings. The summed E-state index contributed by atoms with van der Waals surface area (Å²) in [6, 6.07) is 0. The molecular weight excluding hydrogens is 177 g/mol. The quantitative estimate of drug-likeness (QED) is 0.365. The predicted molar refractivity (Wildman–Crippen MR) is 61.1 cm³/mol. The molecule has 0 saturated carbocycles. The molecule has 0 amide bonds. The molecule has 0 heterocycles. The van der Waals surface area contributed by atoms with Crippen LogP contribution in [0, 0.1) is 11.8 Å². The smallest absolute Gasteiger partial charge is 0.215 e. The van der Waals surface area contributed by atoms with E-state index < -0.39 is 5.95 Å². The van der Waals surface area contributed by atoms with Crippen molar-refractivity contribution in [3.63, 3.8) is 0 Å². The fourth-order valence-corrected chi connectivity index (χ4v) is 0.968. The van der Waals surface area contributed by atoms with E-state index >= 15 is 0 Å². The minimum Gasteiger partial charge on any atom is -0.236 e. The topological polar surface area (TPSA) is 12.4 Å². The first-order valence-corrected chi connectivity index (χ1v) is 4.94. The molecule has 14 heavy (non-hydrogen) atoms. The molecule has 0 unspecified atom stereocenters. The highest BCUT2D eigenvalue weighted by molar-refractivity contribution is 5.33. The Bertz CT molecular complexity index is 259. The zero-order valence-electron chi connectivity index (χ0n) is 9.76. The maximum atomic E-state index is 13.3. The first-order chi connectivity index (χ1) is 6.40. The average Bonchev–Trinajstić information content (AvgIpc) is 2.11. The van der Waals surface area contributed by atoms with Crippen molar-refractivity contribution >= 4 is 6.72 Å². The van der Waals surface area contributed by atoms with Crippen molar-refractivity contribution in [3.8, 4) is 0 Å². The third-order valence-corrected chi connectivity index (χ3v) is 2.29. The van der Waals surface area contributed by atoms with Gasteiger partial charge in [0.25, 0.3) is 0 Å². The summed E-state index contributed by atoms with van der Waals surface area (Å²) in [5, 5.41) is 0. The zero-order valence-corrected chi connectivity index (χ0v) is 9.76. The molecular formula is C12H20FN. The lowest BCUT2D eigenvalue weighted by atomic mass is 9.97. The second-order valence-corrected chi connectivity index (χ2v) is 4.10. The van der Waals surface area contributed by atoms with Crippen LogP contribution in [0.1, 0.15) is 34.6 Å². The summed E-state index contributed by atoms with van der Waals surface area (Å²) in [5.74, 6) is 0.107. The molecule has 0 fully saturated rings. The lowest BCUT2D eigenvalue weighted by Gasteiger charge is -2.10. The Morgan fingerprint density at radius 3 is 2.00 bits per heavy atom. The van der Waals surface area contributed by atoms with Gasteiger partial charge in [0.05, 0.1) is 0 Å². The molecule has 0 bridgehead atoms. The van der Waals surface area contributed by atoms with Crippen molar-refractivity contribution in [2.75, 3.05) is 0 Å². The van der Waals surface area contributed by atoms with Gasteiger partial charge in [0.15, 0.2) is 0 Å². The molecule has 0 radical (unpaired) electrons. The van der Waals surface area contributed by atoms with E-state index in [9.17, 15) is 4.39 Å². The van der Waals surface area contributed by atoms with Crippen LogP contribution in [0.5, 0.6) is 0 Å². The lowest BCUT2D eigenvalue weighted by molar-refractivity contribution is 0.594. The predicted octanol–water partition coefficient (Wildman–Crippen LogP) is 4.13. The molecule has 0 rings (SSSR count). The molecule has 2 heteroatoms. The van der Waals surface area contributed by atoms with Crippen molar-refractivity contribution in [3.05, 3.63) is 23.2 Å². The van der Waals surface area contributed by atoms with Crippen molar-refractivity contribution < 1.29 is 4.39 Å². The number of allylic oxidation sites excluding steroid dienone is 3. The van der Waals surface area contributed by atoms with Gasteiger partial charge in [-0.15, -0.1) is 0 Å². The van der Waals surface area contributed by atoms with Crippen LogP contribution in [-0.2, 0) is 0 Å². The van der Waals surface area contributed by atoms with Crippen LogP contribution >= 0.6 is 0 Å². The third kappa shape index (κ3) is 3.86. The first kappa shape index (κ1) is 13.1. The van der Waals surface area contributed by atoms with Crippen LogP contribution in [0.25, 0.3) is 0 Å². The zero-order chi connectivity index (χ0) is 11.3. The van der Waals surface area contributed by atoms with Gasteiger partial charge in [0.2, 0.25) is 5.95 Å². The van der Waals surface area contributed by atoms with E-state index in [0.717, 1.165) is 5.57 Å². The van der Waals surface area contributed by atoms with Crippen molar-refractivity contribution in [1.82, 2.24) is 0 Å². The van der Waals surface area contributed by atoms with Gasteiger partial charge in [-0.3, -0.25) is 0 Å². The Labute approximate surface area is 86.4 Å². The highest BCUT2D eigenvalue weighted by atomic mass is 19.1. The Hall–Kier alpha value is -0.920. The van der Waals surface area contributed by atoms with E-state index in [1.165, 1.54) is 0 Å². The summed E-state index contributed by atoms with van der Waals surface area (Å²) in [5.41, 5.74) is 1.79. The molecule has 0 atom stereocenters. The third-order valence-electron chi connectivity index (χ3n) is 2.29. The van der Waals surface area contributed by atoms with Gasteiger partial charge in [-0.1, -0.05) is 39.3 Å². The Kier molecular flexibility index (Phi) is 5.36. The van der Waals surface area contributed by atoms with Crippen molar-refractivity contribution in [2.45, 2.75) is 34.6 Å². The number of hydrogen-bond donors (Lipinski definition) is 0. The van der Waals surface area contributed by atoms with E-state index in [-0.39, 0.29) is 5.92 Å². The highest BCUT2D eigenvalue weighted by Gasteiger charge is 2.08. The number of hydrogen-bond acceptors (Lipinski definition) is 1. The summed E-state index contributed by atoms with van der Waals surface area (Å²) in [7, 11) is 0. The molecule has 0 aromatic carbocycles. The summed E-state index contributed by atoms with van der Waals surface area (Å²) >= 11 is 0. The second kappa shape index (κ2) is 5.74. The van der Waals surface area contributed by atoms with Gasteiger partial charge in [-0.05, 0) is 25.5 Å². The molecule has 1 nitrogen and oxygen atoms in total. The van der Waals surface area contributed by atoms with Crippen LogP contribution in [-0.4, -0.2) is 6.72 Å². The Morgan fingerprint density at radius 1 is 1.21 bits per heavy atom. The van der Waals surface area contributed by atoms with Crippen molar-refractivity contribution in [1.29, 1.82) is 0 Å². The van der Waals surface area contributed by atoms with Crippen LogP contribution in [0.4, 0.5) is 4.39 Å². The van der Waals surface area contributed by atoms with E-state index in [1.54, 1.807) is 0 Å². The number of rotatable bonds is 4. The molecule has 0 aliphatic heterocycles. The maximum absolute atomic E-state index is 13.3. The minimum absolute atomic E-state index is 0.134. The molecule has 0 aliphatic carbocycles. The van der Waals surface area contributed by atoms with Crippen LogP contribution in [0.3, 0.4) is 0 Å². The van der Waals surface area contributed by atoms with Crippen LogP contribution in [0.2, 0.25) is 0 Å². The SMILES string of the molecule is C=N/C(F)=C(\C=C(/C)C(C)C)C(C)C. The van der Waals surface area contributed by atoms with Gasteiger partial charge in [0, 0.05) is 5.57 Å². The van der Waals surface area contributed by atoms with Crippen molar-refractivity contribution in [2.24, 2.45) is 16.8 Å². The van der Waals surface area contributed by atoms with E-state index in [1.807, 2.05) is 26.8 Å². The first-order valence-electron chi connectivity index (χ1n) is 4.94.